The summed E-state index contributed by atoms with van der Waals surface area (Å²) in [5, 5.41) is 7.70. The second-order valence-electron chi connectivity index (χ2n) is 9.52. The van der Waals surface area contributed by atoms with Crippen LogP contribution in [0.25, 0.3) is 0 Å². The summed E-state index contributed by atoms with van der Waals surface area (Å²) in [5.41, 5.74) is 2.29. The summed E-state index contributed by atoms with van der Waals surface area (Å²) >= 11 is 0. The van der Waals surface area contributed by atoms with Gasteiger partial charge in [-0.05, 0) is 50.6 Å². The van der Waals surface area contributed by atoms with Gasteiger partial charge in [0.25, 0.3) is 0 Å². The Kier molecular flexibility index (Phi) is 5.42. The zero-order chi connectivity index (χ0) is 24.9. The Morgan fingerprint density at radius 3 is 2.20 bits per heavy atom. The number of fused-ring (bicyclic) bond motifs is 2. The lowest BCUT2D eigenvalue weighted by Crippen LogP contribution is -2.42. The van der Waals surface area contributed by atoms with Crippen molar-refractivity contribution >= 4 is 23.4 Å². The summed E-state index contributed by atoms with van der Waals surface area (Å²) in [7, 11) is 4.76. The van der Waals surface area contributed by atoms with Gasteiger partial charge in [-0.15, -0.1) is 0 Å². The van der Waals surface area contributed by atoms with E-state index >= 15 is 0 Å². The quantitative estimate of drug-likeness (QED) is 0.589. The van der Waals surface area contributed by atoms with Crippen LogP contribution in [-0.4, -0.2) is 49.0 Å². The smallest absolute Gasteiger partial charge is 0.328 e. The lowest BCUT2D eigenvalue weighted by atomic mass is 9.83. The van der Waals surface area contributed by atoms with Gasteiger partial charge in [0, 0.05) is 17.2 Å². The van der Waals surface area contributed by atoms with Crippen molar-refractivity contribution in [2.75, 3.05) is 26.2 Å². The lowest BCUT2D eigenvalue weighted by Gasteiger charge is -2.34. The molecule has 0 bridgehead atoms. The number of urea groups is 1. The first-order chi connectivity index (χ1) is 16.8. The second kappa shape index (κ2) is 8.33. The van der Waals surface area contributed by atoms with Gasteiger partial charge in [0.05, 0.1) is 33.1 Å². The van der Waals surface area contributed by atoms with Gasteiger partial charge in [0.2, 0.25) is 5.75 Å². The van der Waals surface area contributed by atoms with Crippen molar-refractivity contribution in [1.29, 1.82) is 0 Å². The number of carbonyl (C=O) groups excluding carboxylic acids is 1. The van der Waals surface area contributed by atoms with Crippen LogP contribution in [0.1, 0.15) is 37.8 Å². The molecule has 1 aromatic heterocycles. The van der Waals surface area contributed by atoms with Gasteiger partial charge in [0.15, 0.2) is 17.3 Å². The number of hydrogen-bond donors (Lipinski definition) is 1. The van der Waals surface area contributed by atoms with Crippen molar-refractivity contribution in [3.63, 3.8) is 0 Å². The van der Waals surface area contributed by atoms with E-state index in [0.717, 1.165) is 22.6 Å². The number of hydrogen-bond acceptors (Lipinski definition) is 6. The average Bonchev–Trinajstić information content (AvgIpc) is 3.42. The maximum Gasteiger partial charge on any atom is 0.328 e. The highest BCUT2D eigenvalue weighted by molar-refractivity contribution is 6.18. The number of ether oxygens (including phenoxy) is 3. The summed E-state index contributed by atoms with van der Waals surface area (Å²) < 4.78 is 18.7. The molecule has 0 radical (unpaired) electrons. The van der Waals surface area contributed by atoms with Crippen molar-refractivity contribution in [2.24, 2.45) is 4.99 Å². The molecule has 2 amide bonds. The molecule has 0 spiro atoms. The van der Waals surface area contributed by atoms with Gasteiger partial charge in [0.1, 0.15) is 11.9 Å². The van der Waals surface area contributed by atoms with E-state index in [1.165, 1.54) is 0 Å². The van der Waals surface area contributed by atoms with Crippen molar-refractivity contribution in [1.82, 2.24) is 15.1 Å². The SMILES string of the molecule is COc1cc([C@H]2c3cnn(C(C)(C)C)c3N=C3NC(=O)N(c4ccccc4)[C@H]32)cc(OC)c1OC. The van der Waals surface area contributed by atoms with E-state index in [1.807, 2.05) is 53.3 Å². The Bertz CT molecular complexity index is 1280. The molecule has 182 valence electrons. The van der Waals surface area contributed by atoms with E-state index in [0.29, 0.717) is 23.1 Å². The van der Waals surface area contributed by atoms with Crippen LogP contribution in [0.4, 0.5) is 16.3 Å². The lowest BCUT2D eigenvalue weighted by molar-refractivity contribution is 0.252. The molecular formula is C26H29N5O4. The van der Waals surface area contributed by atoms with E-state index in [9.17, 15) is 4.79 Å². The number of aliphatic imine (C=N–C) groups is 1. The van der Waals surface area contributed by atoms with Gasteiger partial charge in [-0.3, -0.25) is 10.2 Å². The van der Waals surface area contributed by atoms with Gasteiger partial charge in [-0.2, -0.15) is 5.10 Å². The van der Waals surface area contributed by atoms with Crippen LogP contribution in [0.5, 0.6) is 17.2 Å². The first-order valence-electron chi connectivity index (χ1n) is 11.4. The highest BCUT2D eigenvalue weighted by atomic mass is 16.5. The van der Waals surface area contributed by atoms with Crippen LogP contribution in [0.15, 0.2) is 53.7 Å². The molecule has 2 aromatic carbocycles. The topological polar surface area (TPSA) is 90.2 Å². The molecule has 3 heterocycles. The molecule has 0 aliphatic carbocycles. The number of nitrogens with zero attached hydrogens (tertiary/aromatic N) is 4. The molecule has 1 saturated heterocycles. The highest BCUT2D eigenvalue weighted by Gasteiger charge is 2.48. The molecule has 35 heavy (non-hydrogen) atoms. The minimum absolute atomic E-state index is 0.224. The maximum absolute atomic E-state index is 13.3. The zero-order valence-electron chi connectivity index (χ0n) is 20.7. The minimum atomic E-state index is -0.405. The van der Waals surface area contributed by atoms with Crippen LogP contribution in [0.3, 0.4) is 0 Å². The number of carbonyl (C=O) groups is 1. The number of anilines is 1. The van der Waals surface area contributed by atoms with Gasteiger partial charge in [-0.25, -0.2) is 14.5 Å². The Hall–Kier alpha value is -4.01. The summed E-state index contributed by atoms with van der Waals surface area (Å²) in [5.74, 6) is 2.60. The van der Waals surface area contributed by atoms with Crippen molar-refractivity contribution in [3.05, 3.63) is 59.8 Å². The molecule has 1 fully saturated rings. The molecule has 5 rings (SSSR count). The molecule has 9 heteroatoms. The maximum atomic E-state index is 13.3. The highest BCUT2D eigenvalue weighted by Crippen LogP contribution is 2.48. The van der Waals surface area contributed by atoms with E-state index in [1.54, 1.807) is 26.2 Å². The third kappa shape index (κ3) is 3.58. The van der Waals surface area contributed by atoms with E-state index < -0.39 is 6.04 Å². The molecular weight excluding hydrogens is 446 g/mol. The van der Waals surface area contributed by atoms with Gasteiger partial charge >= 0.3 is 6.03 Å². The van der Waals surface area contributed by atoms with E-state index in [2.05, 4.69) is 26.1 Å². The summed E-state index contributed by atoms with van der Waals surface area (Å²) in [6, 6.07) is 12.8. The fourth-order valence-corrected chi connectivity index (χ4v) is 4.86. The van der Waals surface area contributed by atoms with E-state index in [-0.39, 0.29) is 17.5 Å². The zero-order valence-corrected chi connectivity index (χ0v) is 20.7. The van der Waals surface area contributed by atoms with Crippen LogP contribution in [0, 0.1) is 0 Å². The standard InChI is InChI=1S/C26H29N5O4/c1-26(2,3)31-24-17(14-27-31)20(15-12-18(33-4)22(35-6)19(13-15)34-5)21-23(28-24)29-25(32)30(21)16-10-8-7-9-11-16/h7-14,20-21H,1-6H3,(H,28,29,32)/t20-,21-/m0/s1. The normalized spacial score (nSPS) is 19.0. The van der Waals surface area contributed by atoms with Crippen LogP contribution >= 0.6 is 0 Å². The number of aromatic nitrogens is 2. The molecule has 0 unspecified atom stereocenters. The molecule has 0 saturated carbocycles. The van der Waals surface area contributed by atoms with Crippen molar-refractivity contribution < 1.29 is 19.0 Å². The van der Waals surface area contributed by atoms with Crippen molar-refractivity contribution in [2.45, 2.75) is 38.3 Å². The van der Waals surface area contributed by atoms with E-state index in [4.69, 9.17) is 24.3 Å². The summed E-state index contributed by atoms with van der Waals surface area (Å²) in [4.78, 5) is 19.9. The van der Waals surface area contributed by atoms with Crippen molar-refractivity contribution in [3.8, 4) is 17.2 Å². The average molecular weight is 476 g/mol. The number of para-hydroxylation sites is 1. The number of benzene rings is 2. The minimum Gasteiger partial charge on any atom is -0.493 e. The molecule has 1 N–H and O–H groups in total. The summed E-state index contributed by atoms with van der Waals surface area (Å²) in [6.07, 6.45) is 1.85. The molecule has 2 atom stereocenters. The predicted molar refractivity (Wildman–Crippen MR) is 133 cm³/mol. The number of methoxy groups -OCH3 is 3. The third-order valence-corrected chi connectivity index (χ3v) is 6.38. The van der Waals surface area contributed by atoms with Gasteiger partial charge < -0.3 is 14.2 Å². The second-order valence-corrected chi connectivity index (χ2v) is 9.52. The van der Waals surface area contributed by atoms with Gasteiger partial charge in [-0.1, -0.05) is 18.2 Å². The largest absolute Gasteiger partial charge is 0.493 e. The summed E-state index contributed by atoms with van der Waals surface area (Å²) in [6.45, 7) is 6.22. The Labute approximate surface area is 204 Å². The Morgan fingerprint density at radius 2 is 1.63 bits per heavy atom. The first-order valence-corrected chi connectivity index (χ1v) is 11.4. The number of amidine groups is 1. The predicted octanol–water partition coefficient (Wildman–Crippen LogP) is 4.44. The fraction of sp³-hybridized carbons (Fsp3) is 0.346. The molecule has 2 aliphatic heterocycles. The number of amides is 2. The number of rotatable bonds is 5. The first kappa shape index (κ1) is 22.8. The third-order valence-electron chi connectivity index (χ3n) is 6.38. The van der Waals surface area contributed by atoms with Crippen LogP contribution in [-0.2, 0) is 5.54 Å². The van der Waals surface area contributed by atoms with Crippen LogP contribution in [0.2, 0.25) is 0 Å². The Morgan fingerprint density at radius 1 is 0.971 bits per heavy atom. The monoisotopic (exact) mass is 475 g/mol. The fourth-order valence-electron chi connectivity index (χ4n) is 4.86. The van der Waals surface area contributed by atoms with Crippen LogP contribution < -0.4 is 24.4 Å². The number of nitrogens with one attached hydrogen (secondary N) is 1. The molecule has 9 nitrogen and oxygen atoms in total. The molecule has 2 aliphatic rings. The molecule has 3 aromatic rings. The Balaban J connectivity index is 1.77.